The van der Waals surface area contributed by atoms with E-state index in [1.54, 1.807) is 0 Å². The molecule has 1 aliphatic rings. The Bertz CT molecular complexity index is 414. The fourth-order valence-electron chi connectivity index (χ4n) is 2.03. The van der Waals surface area contributed by atoms with Crippen LogP contribution in [0.2, 0.25) is 4.34 Å². The highest BCUT2D eigenvalue weighted by Gasteiger charge is 2.17. The molecular formula is C12H18ClN3S. The molecule has 0 aromatic carbocycles. The van der Waals surface area contributed by atoms with E-state index in [4.69, 9.17) is 17.3 Å². The van der Waals surface area contributed by atoms with Crippen molar-refractivity contribution in [2.75, 3.05) is 25.4 Å². The molecule has 0 unspecified atom stereocenters. The second-order valence-corrected chi connectivity index (χ2v) is 5.94. The molecular weight excluding hydrogens is 254 g/mol. The number of unbranched alkanes of at least 4 members (excludes halogenated alkanes) is 1. The van der Waals surface area contributed by atoms with Gasteiger partial charge in [-0.2, -0.15) is 0 Å². The van der Waals surface area contributed by atoms with Gasteiger partial charge >= 0.3 is 0 Å². The molecule has 0 bridgehead atoms. The van der Waals surface area contributed by atoms with E-state index >= 15 is 0 Å². The van der Waals surface area contributed by atoms with Crippen molar-refractivity contribution in [3.63, 3.8) is 0 Å². The van der Waals surface area contributed by atoms with Gasteiger partial charge in [-0.3, -0.25) is 4.90 Å². The summed E-state index contributed by atoms with van der Waals surface area (Å²) in [7, 11) is 0. The maximum Gasteiger partial charge on any atom is 0.182 e. The lowest BCUT2D eigenvalue weighted by Gasteiger charge is -2.25. The number of nitrogens with zero attached hydrogens (tertiary/aromatic N) is 2. The largest absolute Gasteiger partial charge is 0.375 e. The van der Waals surface area contributed by atoms with Crippen LogP contribution in [0.5, 0.6) is 0 Å². The summed E-state index contributed by atoms with van der Waals surface area (Å²) in [6, 6.07) is 0. The zero-order valence-electron chi connectivity index (χ0n) is 10.1. The molecule has 0 fully saturated rings. The van der Waals surface area contributed by atoms with Crippen LogP contribution in [0, 0.1) is 0 Å². The summed E-state index contributed by atoms with van der Waals surface area (Å²) >= 11 is 7.48. The van der Waals surface area contributed by atoms with E-state index in [2.05, 4.69) is 22.9 Å². The van der Waals surface area contributed by atoms with Gasteiger partial charge in [0.1, 0.15) is 4.34 Å². The molecule has 0 amide bonds. The first-order valence-electron chi connectivity index (χ1n) is 6.04. The molecule has 0 aliphatic carbocycles. The Labute approximate surface area is 111 Å². The number of nitrogens with two attached hydrogens (primary N) is 1. The van der Waals surface area contributed by atoms with Gasteiger partial charge in [-0.1, -0.05) is 42.4 Å². The minimum atomic E-state index is 0.555. The van der Waals surface area contributed by atoms with E-state index in [1.165, 1.54) is 36.3 Å². The molecule has 1 aromatic rings. The molecule has 3 nitrogen and oxygen atoms in total. The molecule has 94 valence electrons. The zero-order chi connectivity index (χ0) is 12.3. The van der Waals surface area contributed by atoms with Gasteiger partial charge in [-0.25, -0.2) is 4.98 Å². The van der Waals surface area contributed by atoms with Gasteiger partial charge in [0.2, 0.25) is 0 Å². The lowest BCUT2D eigenvalue weighted by Crippen LogP contribution is -2.29. The van der Waals surface area contributed by atoms with Crippen molar-refractivity contribution in [1.29, 1.82) is 0 Å². The molecule has 0 saturated heterocycles. The molecule has 0 atom stereocenters. The van der Waals surface area contributed by atoms with E-state index in [0.717, 1.165) is 29.5 Å². The highest BCUT2D eigenvalue weighted by Crippen LogP contribution is 2.33. The summed E-state index contributed by atoms with van der Waals surface area (Å²) in [6.45, 7) is 5.51. The van der Waals surface area contributed by atoms with Gasteiger partial charge in [0.05, 0.1) is 5.69 Å². The predicted octanol–water partition coefficient (Wildman–Crippen LogP) is 3.27. The third-order valence-corrected chi connectivity index (χ3v) is 4.11. The van der Waals surface area contributed by atoms with Crippen LogP contribution in [0.3, 0.4) is 0 Å². The van der Waals surface area contributed by atoms with Crippen molar-refractivity contribution in [3.05, 3.63) is 16.1 Å². The number of thiazole rings is 1. The average Bonchev–Trinajstić information content (AvgIpc) is 2.66. The monoisotopic (exact) mass is 271 g/mol. The number of hydrogen-bond acceptors (Lipinski definition) is 4. The third-order valence-electron chi connectivity index (χ3n) is 3.03. The number of nitrogen functional groups attached to an aromatic ring is 1. The van der Waals surface area contributed by atoms with Crippen molar-refractivity contribution < 1.29 is 0 Å². The van der Waals surface area contributed by atoms with Crippen LogP contribution >= 0.6 is 22.9 Å². The fraction of sp³-hybridized carbons (Fsp3) is 0.583. The minimum Gasteiger partial charge on any atom is -0.375 e. The van der Waals surface area contributed by atoms with Crippen LogP contribution in [0.15, 0.2) is 6.08 Å². The standard InChI is InChI=1S/C12H18ClN3S/c1-2-3-6-16-7-4-9(5-8-16)10-11(13)17-12(14)15-10/h4H,2-3,5-8H2,1H3,(H2,14,15). The topological polar surface area (TPSA) is 42.2 Å². The summed E-state index contributed by atoms with van der Waals surface area (Å²) < 4.78 is 0.718. The van der Waals surface area contributed by atoms with Crippen molar-refractivity contribution in [2.45, 2.75) is 26.2 Å². The van der Waals surface area contributed by atoms with Gasteiger partial charge in [-0.05, 0) is 25.0 Å². The van der Waals surface area contributed by atoms with E-state index < -0.39 is 0 Å². The number of rotatable bonds is 4. The van der Waals surface area contributed by atoms with Crippen molar-refractivity contribution in [1.82, 2.24) is 9.88 Å². The van der Waals surface area contributed by atoms with Gasteiger partial charge in [0, 0.05) is 13.1 Å². The molecule has 17 heavy (non-hydrogen) atoms. The number of halogens is 1. The number of anilines is 1. The molecule has 1 aromatic heterocycles. The van der Waals surface area contributed by atoms with Crippen molar-refractivity contribution in [2.24, 2.45) is 0 Å². The Hall–Kier alpha value is -0.580. The highest BCUT2D eigenvalue weighted by atomic mass is 35.5. The van der Waals surface area contributed by atoms with E-state index in [9.17, 15) is 0 Å². The van der Waals surface area contributed by atoms with E-state index in [1.807, 2.05) is 0 Å². The molecule has 2 rings (SSSR count). The van der Waals surface area contributed by atoms with Crippen LogP contribution in [0.4, 0.5) is 5.13 Å². The fourth-order valence-corrected chi connectivity index (χ4v) is 3.02. The molecule has 2 N–H and O–H groups in total. The van der Waals surface area contributed by atoms with Crippen LogP contribution in [0.1, 0.15) is 31.9 Å². The maximum absolute atomic E-state index is 6.12. The van der Waals surface area contributed by atoms with Crippen LogP contribution in [-0.4, -0.2) is 29.5 Å². The normalized spacial score (nSPS) is 17.2. The Kier molecular flexibility index (Phi) is 4.42. The summed E-state index contributed by atoms with van der Waals surface area (Å²) in [5.41, 5.74) is 7.80. The van der Waals surface area contributed by atoms with Crippen LogP contribution in [0.25, 0.3) is 5.57 Å². The quantitative estimate of drug-likeness (QED) is 0.914. The van der Waals surface area contributed by atoms with Gasteiger partial charge in [-0.15, -0.1) is 0 Å². The zero-order valence-corrected chi connectivity index (χ0v) is 11.7. The van der Waals surface area contributed by atoms with Gasteiger partial charge < -0.3 is 5.73 Å². The second-order valence-electron chi connectivity index (χ2n) is 4.31. The first kappa shape index (κ1) is 12.9. The lowest BCUT2D eigenvalue weighted by atomic mass is 10.1. The summed E-state index contributed by atoms with van der Waals surface area (Å²) in [4.78, 5) is 6.77. The smallest absolute Gasteiger partial charge is 0.182 e. The maximum atomic E-state index is 6.12. The first-order valence-corrected chi connectivity index (χ1v) is 7.23. The minimum absolute atomic E-state index is 0.555. The third kappa shape index (κ3) is 3.21. The van der Waals surface area contributed by atoms with E-state index in [-0.39, 0.29) is 0 Å². The van der Waals surface area contributed by atoms with E-state index in [0.29, 0.717) is 5.13 Å². The van der Waals surface area contributed by atoms with Crippen LogP contribution < -0.4 is 5.73 Å². The average molecular weight is 272 g/mol. The van der Waals surface area contributed by atoms with Gasteiger partial charge in [0.15, 0.2) is 5.13 Å². The Balaban J connectivity index is 2.01. The molecule has 1 aliphatic heterocycles. The number of hydrogen-bond donors (Lipinski definition) is 1. The summed E-state index contributed by atoms with van der Waals surface area (Å²) in [5.74, 6) is 0. The SMILES string of the molecule is CCCCN1CC=C(c2nc(N)sc2Cl)CC1. The van der Waals surface area contributed by atoms with Gasteiger partial charge in [0.25, 0.3) is 0 Å². The van der Waals surface area contributed by atoms with Crippen molar-refractivity contribution >= 4 is 33.6 Å². The Morgan fingerprint density at radius 1 is 1.59 bits per heavy atom. The summed E-state index contributed by atoms with van der Waals surface area (Å²) in [6.07, 6.45) is 5.78. The molecule has 0 saturated carbocycles. The highest BCUT2D eigenvalue weighted by molar-refractivity contribution is 7.19. The molecule has 2 heterocycles. The molecule has 0 radical (unpaired) electrons. The second kappa shape index (κ2) is 5.85. The van der Waals surface area contributed by atoms with Crippen LogP contribution in [-0.2, 0) is 0 Å². The summed E-state index contributed by atoms with van der Waals surface area (Å²) in [5, 5.41) is 0.555. The number of aromatic nitrogens is 1. The molecule has 0 spiro atoms. The lowest BCUT2D eigenvalue weighted by molar-refractivity contribution is 0.297. The Morgan fingerprint density at radius 3 is 2.94 bits per heavy atom. The first-order chi connectivity index (χ1) is 8.20. The predicted molar refractivity (Wildman–Crippen MR) is 75.5 cm³/mol. The Morgan fingerprint density at radius 2 is 2.41 bits per heavy atom. The van der Waals surface area contributed by atoms with Crippen molar-refractivity contribution in [3.8, 4) is 0 Å². The molecule has 5 heteroatoms.